The maximum absolute atomic E-state index is 13.0. The van der Waals surface area contributed by atoms with Gasteiger partial charge < -0.3 is 15.3 Å². The molecule has 1 aromatic rings. The Morgan fingerprint density at radius 3 is 1.93 bits per heavy atom. The fourth-order valence-electron chi connectivity index (χ4n) is 1.13. The van der Waals surface area contributed by atoms with E-state index in [4.69, 9.17) is 10.2 Å². The smallest absolute Gasteiger partial charge is 0.134 e. The number of halogens is 3. The van der Waals surface area contributed by atoms with E-state index in [1.54, 1.807) is 0 Å². The van der Waals surface area contributed by atoms with Gasteiger partial charge in [0.25, 0.3) is 0 Å². The molecule has 0 amide bonds. The third-order valence-electron chi connectivity index (χ3n) is 1.89. The molecule has 0 heterocycles. The van der Waals surface area contributed by atoms with E-state index in [0.29, 0.717) is 12.1 Å². The Kier molecular flexibility index (Phi) is 3.67. The first-order chi connectivity index (χ1) is 6.97. The van der Waals surface area contributed by atoms with E-state index in [1.165, 1.54) is 0 Å². The summed E-state index contributed by atoms with van der Waals surface area (Å²) in [5.41, 5.74) is -0.863. The summed E-state index contributed by atoms with van der Waals surface area (Å²) in [5, 5.41) is 26.7. The number of aliphatic hydroxyl groups excluding tert-OH is 3. The molecule has 0 aliphatic rings. The maximum Gasteiger partial charge on any atom is 0.134 e. The van der Waals surface area contributed by atoms with Crippen LogP contribution in [0.2, 0.25) is 0 Å². The van der Waals surface area contributed by atoms with Gasteiger partial charge in [-0.05, 0) is 0 Å². The lowest BCUT2D eigenvalue weighted by molar-refractivity contribution is -0.0185. The summed E-state index contributed by atoms with van der Waals surface area (Å²) in [6.07, 6.45) is -3.66. The first-order valence-electron chi connectivity index (χ1n) is 4.08. The lowest BCUT2D eigenvalue weighted by Gasteiger charge is -2.17. The van der Waals surface area contributed by atoms with E-state index in [-0.39, 0.29) is 0 Å². The van der Waals surface area contributed by atoms with Gasteiger partial charge in [0.05, 0.1) is 12.2 Å². The molecule has 0 aliphatic carbocycles. The van der Waals surface area contributed by atoms with Crippen LogP contribution in [-0.2, 0) is 0 Å². The molecule has 0 saturated carbocycles. The molecule has 0 aromatic heterocycles. The van der Waals surface area contributed by atoms with Crippen molar-refractivity contribution >= 4 is 0 Å². The largest absolute Gasteiger partial charge is 0.394 e. The third kappa shape index (κ3) is 2.47. The molecule has 15 heavy (non-hydrogen) atoms. The lowest BCUT2D eigenvalue weighted by Crippen LogP contribution is -2.24. The Bertz CT molecular complexity index is 333. The topological polar surface area (TPSA) is 60.7 Å². The van der Waals surface area contributed by atoms with Crippen LogP contribution in [0.3, 0.4) is 0 Å². The lowest BCUT2D eigenvalue weighted by atomic mass is 10.0. The Hall–Kier alpha value is -1.11. The minimum Gasteiger partial charge on any atom is -0.394 e. The summed E-state index contributed by atoms with van der Waals surface area (Å²) in [4.78, 5) is 0. The van der Waals surface area contributed by atoms with Crippen LogP contribution in [0.4, 0.5) is 13.2 Å². The first-order valence-corrected chi connectivity index (χ1v) is 4.08. The second-order valence-electron chi connectivity index (χ2n) is 2.98. The number of aliphatic hydroxyl groups is 3. The molecule has 0 spiro atoms. The standard InChI is InChI=1S/C9H9F3O3/c10-4-1-5(11)8(6(12)2-4)9(15)7(14)3-13/h1-2,7,9,13-15H,3H2. The van der Waals surface area contributed by atoms with E-state index < -0.39 is 41.8 Å². The number of rotatable bonds is 3. The highest BCUT2D eigenvalue weighted by Crippen LogP contribution is 2.24. The summed E-state index contributed by atoms with van der Waals surface area (Å²) in [7, 11) is 0. The molecular weight excluding hydrogens is 213 g/mol. The molecule has 1 aromatic carbocycles. The molecular formula is C9H9F3O3. The average Bonchev–Trinajstić information content (AvgIpc) is 2.14. The predicted octanol–water partition coefficient (Wildman–Crippen LogP) is 0.491. The van der Waals surface area contributed by atoms with Crippen molar-refractivity contribution in [3.63, 3.8) is 0 Å². The van der Waals surface area contributed by atoms with Gasteiger partial charge >= 0.3 is 0 Å². The van der Waals surface area contributed by atoms with Gasteiger partial charge in [-0.1, -0.05) is 0 Å². The highest BCUT2D eigenvalue weighted by molar-refractivity contribution is 5.23. The zero-order valence-electron chi connectivity index (χ0n) is 7.49. The van der Waals surface area contributed by atoms with Crippen molar-refractivity contribution in [2.45, 2.75) is 12.2 Å². The van der Waals surface area contributed by atoms with Crippen LogP contribution in [-0.4, -0.2) is 28.0 Å². The van der Waals surface area contributed by atoms with Crippen molar-refractivity contribution in [2.24, 2.45) is 0 Å². The zero-order valence-corrected chi connectivity index (χ0v) is 7.49. The van der Waals surface area contributed by atoms with Gasteiger partial charge in [-0.25, -0.2) is 13.2 Å². The Balaban J connectivity index is 3.13. The van der Waals surface area contributed by atoms with Crippen LogP contribution < -0.4 is 0 Å². The molecule has 2 unspecified atom stereocenters. The van der Waals surface area contributed by atoms with Gasteiger partial charge in [-0.2, -0.15) is 0 Å². The SMILES string of the molecule is OCC(O)C(O)c1c(F)cc(F)cc1F. The van der Waals surface area contributed by atoms with E-state index >= 15 is 0 Å². The summed E-state index contributed by atoms with van der Waals surface area (Å²) >= 11 is 0. The Morgan fingerprint density at radius 2 is 1.53 bits per heavy atom. The quantitative estimate of drug-likeness (QED) is 0.697. The number of benzene rings is 1. The monoisotopic (exact) mass is 222 g/mol. The zero-order chi connectivity index (χ0) is 11.6. The highest BCUT2D eigenvalue weighted by atomic mass is 19.1. The Morgan fingerprint density at radius 1 is 1.07 bits per heavy atom. The Labute approximate surface area is 83.4 Å². The summed E-state index contributed by atoms with van der Waals surface area (Å²) in [6, 6.07) is 0.761. The first kappa shape index (κ1) is 12.0. The average molecular weight is 222 g/mol. The third-order valence-corrected chi connectivity index (χ3v) is 1.89. The van der Waals surface area contributed by atoms with E-state index in [0.717, 1.165) is 0 Å². The second kappa shape index (κ2) is 4.61. The molecule has 1 rings (SSSR count). The minimum atomic E-state index is -1.93. The minimum absolute atomic E-state index is 0.381. The van der Waals surface area contributed by atoms with Gasteiger partial charge in [0.2, 0.25) is 0 Å². The van der Waals surface area contributed by atoms with Crippen LogP contribution >= 0.6 is 0 Å². The molecule has 0 fully saturated rings. The van der Waals surface area contributed by atoms with Gasteiger partial charge in [0.1, 0.15) is 29.7 Å². The maximum atomic E-state index is 13.0. The molecule has 6 heteroatoms. The molecule has 84 valence electrons. The van der Waals surface area contributed by atoms with Gasteiger partial charge in [-0.15, -0.1) is 0 Å². The molecule has 0 radical (unpaired) electrons. The molecule has 3 nitrogen and oxygen atoms in total. The van der Waals surface area contributed by atoms with Crippen molar-refractivity contribution in [2.75, 3.05) is 6.61 Å². The molecule has 0 aliphatic heterocycles. The summed E-state index contributed by atoms with van der Waals surface area (Å²) in [6.45, 7) is -0.864. The van der Waals surface area contributed by atoms with E-state index in [1.807, 2.05) is 0 Å². The van der Waals surface area contributed by atoms with E-state index in [2.05, 4.69) is 0 Å². The molecule has 0 bridgehead atoms. The van der Waals surface area contributed by atoms with Crippen molar-refractivity contribution in [1.82, 2.24) is 0 Å². The molecule has 3 N–H and O–H groups in total. The normalized spacial score (nSPS) is 15.1. The van der Waals surface area contributed by atoms with Crippen LogP contribution in [0.5, 0.6) is 0 Å². The van der Waals surface area contributed by atoms with Crippen LogP contribution in [0, 0.1) is 17.5 Å². The van der Waals surface area contributed by atoms with Gasteiger partial charge in [-0.3, -0.25) is 0 Å². The van der Waals surface area contributed by atoms with Crippen molar-refractivity contribution < 1.29 is 28.5 Å². The van der Waals surface area contributed by atoms with Gasteiger partial charge in [0.15, 0.2) is 0 Å². The molecule has 2 atom stereocenters. The van der Waals surface area contributed by atoms with Crippen molar-refractivity contribution in [3.8, 4) is 0 Å². The fraction of sp³-hybridized carbons (Fsp3) is 0.333. The summed E-state index contributed by atoms with van der Waals surface area (Å²) in [5.74, 6) is -3.75. The fourth-order valence-corrected chi connectivity index (χ4v) is 1.13. The van der Waals surface area contributed by atoms with Crippen LogP contribution in [0.25, 0.3) is 0 Å². The van der Waals surface area contributed by atoms with E-state index in [9.17, 15) is 18.3 Å². The van der Waals surface area contributed by atoms with Crippen molar-refractivity contribution in [1.29, 1.82) is 0 Å². The predicted molar refractivity (Wildman–Crippen MR) is 44.4 cm³/mol. The molecule has 0 saturated heterocycles. The van der Waals surface area contributed by atoms with Crippen LogP contribution in [0.1, 0.15) is 11.7 Å². The van der Waals surface area contributed by atoms with Gasteiger partial charge in [0, 0.05) is 12.1 Å². The second-order valence-corrected chi connectivity index (χ2v) is 2.98. The summed E-state index contributed by atoms with van der Waals surface area (Å²) < 4.78 is 38.5. The van der Waals surface area contributed by atoms with Crippen LogP contribution in [0.15, 0.2) is 12.1 Å². The van der Waals surface area contributed by atoms with Crippen molar-refractivity contribution in [3.05, 3.63) is 35.1 Å². The number of hydrogen-bond donors (Lipinski definition) is 3. The highest BCUT2D eigenvalue weighted by Gasteiger charge is 2.25. The number of hydrogen-bond acceptors (Lipinski definition) is 3.